The predicted molar refractivity (Wildman–Crippen MR) is 160 cm³/mol. The molecule has 0 aliphatic heterocycles. The lowest BCUT2D eigenvalue weighted by Gasteiger charge is -2.27. The van der Waals surface area contributed by atoms with Gasteiger partial charge in [-0.2, -0.15) is 0 Å². The molecule has 0 unspecified atom stereocenters. The lowest BCUT2D eigenvalue weighted by atomic mass is 10.1. The Morgan fingerprint density at radius 2 is 1.32 bits per heavy atom. The van der Waals surface area contributed by atoms with Crippen molar-refractivity contribution < 1.29 is 9.53 Å². The number of aromatic nitrogens is 1. The first-order valence-electron chi connectivity index (χ1n) is 12.7. The number of carbonyl (C=O) groups excluding carboxylic acids is 1. The fourth-order valence-corrected chi connectivity index (χ4v) is 10.1. The molecular formula is C32H30BrNO2P+. The van der Waals surface area contributed by atoms with E-state index in [0.29, 0.717) is 12.3 Å². The molecule has 5 rings (SSSR count). The number of halogens is 1. The van der Waals surface area contributed by atoms with Gasteiger partial charge in [-0.3, -0.25) is 0 Å². The largest absolute Gasteiger partial charge is 0.461 e. The third-order valence-corrected chi connectivity index (χ3v) is 12.1. The summed E-state index contributed by atoms with van der Waals surface area (Å²) >= 11 is 3.65. The molecule has 186 valence electrons. The summed E-state index contributed by atoms with van der Waals surface area (Å²) in [5, 5.41) is 5.19. The second-order valence-electron chi connectivity index (χ2n) is 9.00. The van der Waals surface area contributed by atoms with Crippen molar-refractivity contribution in [3.63, 3.8) is 0 Å². The molecule has 1 heterocycles. The van der Waals surface area contributed by atoms with Crippen LogP contribution in [0.5, 0.6) is 0 Å². The molecule has 4 aromatic carbocycles. The van der Waals surface area contributed by atoms with Gasteiger partial charge in [0.25, 0.3) is 0 Å². The Bertz CT molecular complexity index is 1390. The minimum atomic E-state index is -1.93. The number of aromatic amines is 1. The fraction of sp³-hybridized carbons (Fsp3) is 0.156. The zero-order valence-electron chi connectivity index (χ0n) is 20.9. The number of fused-ring (bicyclic) bond motifs is 1. The van der Waals surface area contributed by atoms with Gasteiger partial charge in [0.2, 0.25) is 0 Å². The van der Waals surface area contributed by atoms with Gasteiger partial charge in [-0.1, -0.05) is 66.7 Å². The topological polar surface area (TPSA) is 42.1 Å². The third-order valence-electron chi connectivity index (χ3n) is 6.88. The number of nitrogens with one attached hydrogen (secondary N) is 1. The van der Waals surface area contributed by atoms with E-state index < -0.39 is 7.26 Å². The molecule has 0 radical (unpaired) electrons. The van der Waals surface area contributed by atoms with Crippen molar-refractivity contribution in [2.75, 3.05) is 12.8 Å². The van der Waals surface area contributed by atoms with Gasteiger partial charge >= 0.3 is 5.97 Å². The van der Waals surface area contributed by atoms with Gasteiger partial charge in [0, 0.05) is 9.86 Å². The summed E-state index contributed by atoms with van der Waals surface area (Å²) in [6.07, 6.45) is 2.70. The van der Waals surface area contributed by atoms with Crippen LogP contribution in [-0.4, -0.2) is 23.7 Å². The van der Waals surface area contributed by atoms with E-state index in [9.17, 15) is 4.79 Å². The van der Waals surface area contributed by atoms with Crippen LogP contribution in [0.1, 0.15) is 29.4 Å². The number of benzene rings is 4. The van der Waals surface area contributed by atoms with Gasteiger partial charge in [-0.25, -0.2) is 4.79 Å². The van der Waals surface area contributed by atoms with E-state index in [1.165, 1.54) is 15.9 Å². The van der Waals surface area contributed by atoms with E-state index in [4.69, 9.17) is 4.74 Å². The van der Waals surface area contributed by atoms with Gasteiger partial charge < -0.3 is 9.72 Å². The lowest BCUT2D eigenvalue weighted by molar-refractivity contribution is 0.0519. The van der Waals surface area contributed by atoms with E-state index in [2.05, 4.69) is 118 Å². The summed E-state index contributed by atoms with van der Waals surface area (Å²) in [6.45, 7) is 2.19. The highest BCUT2D eigenvalue weighted by Crippen LogP contribution is 2.56. The molecule has 0 spiro atoms. The van der Waals surface area contributed by atoms with Gasteiger partial charge in [0.1, 0.15) is 28.9 Å². The standard InChI is InChI=1S/C32H29BrNO2P/c1-2-36-32(35)31-28(27-20-12-22-29(33)30(27)34-31)21-13-23-37(24-14-6-3-7-15-24,25-16-8-4-9-17-25)26-18-10-5-11-19-26/h3-12,14-20,22H,2,13,21,23H2,1H3/p+1. The molecule has 0 atom stereocenters. The predicted octanol–water partition coefficient (Wildman–Crippen LogP) is 7.03. The summed E-state index contributed by atoms with van der Waals surface area (Å²) in [4.78, 5) is 16.3. The smallest absolute Gasteiger partial charge is 0.355 e. The first kappa shape index (κ1) is 25.4. The van der Waals surface area contributed by atoms with Crippen molar-refractivity contribution in [2.24, 2.45) is 0 Å². The molecule has 1 N–H and O–H groups in total. The Hall–Kier alpha value is -3.20. The molecule has 5 aromatic rings. The number of hydrogen-bond acceptors (Lipinski definition) is 2. The molecule has 0 amide bonds. The van der Waals surface area contributed by atoms with Crippen LogP contribution in [0.4, 0.5) is 0 Å². The van der Waals surface area contributed by atoms with E-state index >= 15 is 0 Å². The number of carbonyl (C=O) groups is 1. The fourth-order valence-electron chi connectivity index (χ4n) is 5.25. The second kappa shape index (κ2) is 11.5. The zero-order valence-corrected chi connectivity index (χ0v) is 23.3. The maximum Gasteiger partial charge on any atom is 0.355 e. The lowest BCUT2D eigenvalue weighted by Crippen LogP contribution is -2.33. The van der Waals surface area contributed by atoms with Crippen molar-refractivity contribution in [3.05, 3.63) is 125 Å². The summed E-state index contributed by atoms with van der Waals surface area (Å²) in [6, 6.07) is 38.9. The average Bonchev–Trinajstić information content (AvgIpc) is 3.33. The van der Waals surface area contributed by atoms with Crippen LogP contribution in [0.15, 0.2) is 114 Å². The van der Waals surface area contributed by atoms with Crippen LogP contribution in [-0.2, 0) is 11.2 Å². The summed E-state index contributed by atoms with van der Waals surface area (Å²) in [5.74, 6) is -0.296. The summed E-state index contributed by atoms with van der Waals surface area (Å²) in [7, 11) is -1.93. The third kappa shape index (κ3) is 5.01. The number of para-hydroxylation sites is 1. The van der Waals surface area contributed by atoms with Crippen LogP contribution in [0.2, 0.25) is 0 Å². The number of aryl methyl sites for hydroxylation is 1. The van der Waals surface area contributed by atoms with Gasteiger partial charge in [-0.15, -0.1) is 0 Å². The second-order valence-corrected chi connectivity index (χ2v) is 13.5. The Kier molecular flexibility index (Phi) is 7.88. The van der Waals surface area contributed by atoms with Crippen molar-refractivity contribution in [1.29, 1.82) is 0 Å². The van der Waals surface area contributed by atoms with Crippen LogP contribution in [0, 0.1) is 0 Å². The van der Waals surface area contributed by atoms with Crippen molar-refractivity contribution >= 4 is 56.0 Å². The molecule has 0 aliphatic rings. The molecular weight excluding hydrogens is 541 g/mol. The highest BCUT2D eigenvalue weighted by Gasteiger charge is 2.44. The molecule has 0 aliphatic carbocycles. The number of hydrogen-bond donors (Lipinski definition) is 1. The molecule has 0 fully saturated rings. The number of rotatable bonds is 9. The van der Waals surface area contributed by atoms with Crippen molar-refractivity contribution in [3.8, 4) is 0 Å². The Labute approximate surface area is 227 Å². The van der Waals surface area contributed by atoms with E-state index in [-0.39, 0.29) is 5.97 Å². The molecule has 5 heteroatoms. The SMILES string of the molecule is CCOC(=O)c1[nH]c2c(Br)cccc2c1CCC[P+](c1ccccc1)(c1ccccc1)c1ccccc1. The Morgan fingerprint density at radius 3 is 1.84 bits per heavy atom. The quantitative estimate of drug-likeness (QED) is 0.153. The number of H-pyrrole nitrogens is 1. The minimum absolute atomic E-state index is 0.296. The van der Waals surface area contributed by atoms with Gasteiger partial charge in [-0.05, 0) is 83.7 Å². The Morgan fingerprint density at radius 1 is 0.784 bits per heavy atom. The zero-order chi connectivity index (χ0) is 25.7. The van der Waals surface area contributed by atoms with Gasteiger partial charge in [0.05, 0.1) is 18.3 Å². The highest BCUT2D eigenvalue weighted by molar-refractivity contribution is 9.10. The maximum absolute atomic E-state index is 12.9. The molecule has 37 heavy (non-hydrogen) atoms. The molecule has 0 saturated heterocycles. The van der Waals surface area contributed by atoms with E-state index in [1.807, 2.05) is 19.1 Å². The average molecular weight is 571 g/mol. The van der Waals surface area contributed by atoms with Crippen LogP contribution in [0.3, 0.4) is 0 Å². The molecule has 0 bridgehead atoms. The normalized spacial score (nSPS) is 11.5. The van der Waals surface area contributed by atoms with Crippen LogP contribution >= 0.6 is 23.2 Å². The monoisotopic (exact) mass is 570 g/mol. The summed E-state index contributed by atoms with van der Waals surface area (Å²) in [5.41, 5.74) is 2.53. The van der Waals surface area contributed by atoms with E-state index in [1.54, 1.807) is 0 Å². The first-order chi connectivity index (χ1) is 18.1. The maximum atomic E-state index is 12.9. The number of ether oxygens (including phenoxy) is 1. The van der Waals surface area contributed by atoms with Crippen molar-refractivity contribution in [2.45, 2.75) is 19.8 Å². The van der Waals surface area contributed by atoms with Crippen LogP contribution < -0.4 is 15.9 Å². The van der Waals surface area contributed by atoms with E-state index in [0.717, 1.165) is 39.9 Å². The van der Waals surface area contributed by atoms with Gasteiger partial charge in [0.15, 0.2) is 0 Å². The Balaban J connectivity index is 1.58. The minimum Gasteiger partial charge on any atom is -0.461 e. The van der Waals surface area contributed by atoms with Crippen molar-refractivity contribution in [1.82, 2.24) is 4.98 Å². The molecule has 1 aromatic heterocycles. The summed E-state index contributed by atoms with van der Waals surface area (Å²) < 4.78 is 6.36. The molecule has 3 nitrogen and oxygen atoms in total. The van der Waals surface area contributed by atoms with Crippen LogP contribution in [0.25, 0.3) is 10.9 Å². The number of esters is 1. The highest BCUT2D eigenvalue weighted by atomic mass is 79.9. The first-order valence-corrected chi connectivity index (χ1v) is 15.4. The molecule has 0 saturated carbocycles.